The Labute approximate surface area is 75.3 Å². The van der Waals surface area contributed by atoms with Crippen molar-refractivity contribution in [3.05, 3.63) is 0 Å². The summed E-state index contributed by atoms with van der Waals surface area (Å²) >= 11 is 0. The van der Waals surface area contributed by atoms with Crippen LogP contribution in [0.1, 0.15) is 6.92 Å². The zero-order valence-electron chi connectivity index (χ0n) is 3.06. The largest absolute Gasteiger partial charge is 0.397 e. The number of rotatable bonds is 0. The first-order valence-corrected chi connectivity index (χ1v) is 1.02. The van der Waals surface area contributed by atoms with Crippen LogP contribution in [0.3, 0.4) is 0 Å². The van der Waals surface area contributed by atoms with Gasteiger partial charge in [-0.05, 0) is 6.92 Å². The van der Waals surface area contributed by atoms with Crippen molar-refractivity contribution in [1.82, 2.24) is 0 Å². The van der Waals surface area contributed by atoms with E-state index in [9.17, 15) is 0 Å². The summed E-state index contributed by atoms with van der Waals surface area (Å²) in [7, 11) is 0. The van der Waals surface area contributed by atoms with Gasteiger partial charge in [-0.15, -0.1) is 12.4 Å². The topological polar surface area (TPSA) is 20.2 Å². The summed E-state index contributed by atoms with van der Waals surface area (Å²) in [6.07, 6.45) is 0. The van der Waals surface area contributed by atoms with E-state index in [2.05, 4.69) is 0 Å². The Morgan fingerprint density at radius 2 is 1.50 bits per heavy atom. The van der Waals surface area contributed by atoms with Gasteiger partial charge in [-0.3, -0.25) is 0 Å². The van der Waals surface area contributed by atoms with E-state index in [1.165, 1.54) is 0 Å². The Kier molecular flexibility index (Phi) is 124. The van der Waals surface area contributed by atoms with Crippen LogP contribution in [-0.4, -0.2) is 34.8 Å². The van der Waals surface area contributed by atoms with Gasteiger partial charge in [0.25, 0.3) is 0 Å². The van der Waals surface area contributed by atoms with Gasteiger partial charge < -0.3 is 5.11 Å². The van der Waals surface area contributed by atoms with Gasteiger partial charge in [0, 0.05) is 28.3 Å². The molecular weight excluding hydrogens is 148 g/mol. The summed E-state index contributed by atoms with van der Waals surface area (Å²) in [6.45, 7) is 1.93. The minimum Gasteiger partial charge on any atom is -0.397 e. The number of hydrogen-bond donors (Lipinski definition) is 1. The summed E-state index contributed by atoms with van der Waals surface area (Å²) in [6, 6.07) is 0. The van der Waals surface area contributed by atoms with Crippen LogP contribution < -0.4 is 0 Å². The van der Waals surface area contributed by atoms with Gasteiger partial charge in [0.15, 0.2) is 0 Å². The van der Waals surface area contributed by atoms with E-state index in [-0.39, 0.29) is 63.8 Å². The average Bonchev–Trinajstić information content (AvgIpc) is 0.918. The Morgan fingerprint density at radius 3 is 1.50 bits per heavy atom. The van der Waals surface area contributed by atoms with Crippen LogP contribution in [0, 0.1) is 0 Å². The molecule has 0 aliphatic heterocycles. The molecule has 0 radical (unpaired) electrons. The second kappa shape index (κ2) is 29.6. The Hall–Kier alpha value is 1.73. The van der Waals surface area contributed by atoms with E-state index in [0.717, 1.165) is 0 Å². The van der Waals surface area contributed by atoms with Crippen molar-refractivity contribution in [2.24, 2.45) is 0 Å². The smallest absolute Gasteiger partial charge is 0.316 e. The third-order valence-electron chi connectivity index (χ3n) is 0. The Bertz CT molecular complexity index is 13.5. The predicted octanol–water partition coefficient (Wildman–Crippen LogP) is -0.498. The van der Waals surface area contributed by atoms with Crippen molar-refractivity contribution in [2.45, 2.75) is 6.92 Å². The van der Waals surface area contributed by atoms with Gasteiger partial charge in [0.2, 0.25) is 0 Å². The maximum Gasteiger partial charge on any atom is 0.316 e. The van der Waals surface area contributed by atoms with Gasteiger partial charge in [-0.1, -0.05) is 0 Å². The van der Waals surface area contributed by atoms with E-state index in [0.29, 0.717) is 0 Å². The molecule has 0 rings (SSSR count). The van der Waals surface area contributed by atoms with Crippen LogP contribution in [0.2, 0.25) is 0 Å². The molecule has 36 valence electrons. The minimum absolute atomic E-state index is 0. The van der Waals surface area contributed by atoms with Crippen LogP contribution in [-0.2, 0) is 21.7 Å². The molecule has 0 unspecified atom stereocenters. The normalized spacial score (nSPS) is 3.00. The summed E-state index contributed by atoms with van der Waals surface area (Å²) in [5.41, 5.74) is 0. The summed E-state index contributed by atoms with van der Waals surface area (Å²) in [5.74, 6) is 0. The van der Waals surface area contributed by atoms with Crippen molar-refractivity contribution in [3.63, 3.8) is 0 Å². The molecule has 0 aliphatic carbocycles. The molecule has 6 heavy (non-hydrogen) atoms. The first-order chi connectivity index (χ1) is 1.41. The van der Waals surface area contributed by atoms with Gasteiger partial charge in [-0.25, -0.2) is 0 Å². The van der Waals surface area contributed by atoms with Crippen LogP contribution in [0.15, 0.2) is 0 Å². The van der Waals surface area contributed by atoms with Crippen LogP contribution >= 0.6 is 12.4 Å². The fourth-order valence-electron chi connectivity index (χ4n) is 0. The molecule has 0 spiro atoms. The molecule has 0 aromatic rings. The number of aliphatic hydroxyl groups excluding tert-OH is 1. The van der Waals surface area contributed by atoms with Gasteiger partial charge in [0.05, 0.1) is 0 Å². The van der Waals surface area contributed by atoms with Gasteiger partial charge in [-0.2, -0.15) is 0 Å². The van der Waals surface area contributed by atoms with Crippen molar-refractivity contribution in [3.8, 4) is 0 Å². The quantitative estimate of drug-likeness (QED) is 0.469. The van der Waals surface area contributed by atoms with Crippen molar-refractivity contribution < 1.29 is 26.8 Å². The standard InChI is InChI=1S/C2H6O.ClH.Mg.Ti.2H/c1-2-3;;;;;/h3H,2H2,1H3;1H;;;;. The molecule has 0 aromatic carbocycles. The van der Waals surface area contributed by atoms with E-state index in [4.69, 9.17) is 5.11 Å². The molecule has 0 saturated heterocycles. The maximum atomic E-state index is 7.57. The molecule has 1 nitrogen and oxygen atoms in total. The molecule has 0 aromatic heterocycles. The molecule has 1 N–H and O–H groups in total. The van der Waals surface area contributed by atoms with Crippen molar-refractivity contribution >= 4 is 35.5 Å². The molecule has 0 saturated carbocycles. The van der Waals surface area contributed by atoms with Crippen LogP contribution in [0.25, 0.3) is 0 Å². The molecule has 0 heterocycles. The maximum absolute atomic E-state index is 7.57. The number of halogens is 1. The monoisotopic (exact) mass is 156 g/mol. The second-order valence-electron chi connectivity index (χ2n) is 0.316. The van der Waals surface area contributed by atoms with E-state index in [1.54, 1.807) is 6.92 Å². The number of aliphatic hydroxyl groups is 1. The first kappa shape index (κ1) is 25.2. The Balaban J connectivity index is -0.00000000667. The van der Waals surface area contributed by atoms with E-state index < -0.39 is 0 Å². The molecule has 0 amide bonds. The molecule has 4 heteroatoms. The van der Waals surface area contributed by atoms with Crippen molar-refractivity contribution in [1.29, 1.82) is 0 Å². The molecule has 0 aliphatic rings. The van der Waals surface area contributed by atoms with E-state index >= 15 is 0 Å². The first-order valence-electron chi connectivity index (χ1n) is 1.02. The van der Waals surface area contributed by atoms with Crippen LogP contribution in [0.4, 0.5) is 0 Å². The SMILES string of the molecule is CCO.Cl.[MgH2].[Ti]. The summed E-state index contributed by atoms with van der Waals surface area (Å²) in [5, 5.41) is 7.57. The molecule has 0 bridgehead atoms. The summed E-state index contributed by atoms with van der Waals surface area (Å²) in [4.78, 5) is 0. The number of hydrogen-bond acceptors (Lipinski definition) is 1. The fraction of sp³-hybridized carbons (Fsp3) is 1.00. The van der Waals surface area contributed by atoms with Gasteiger partial charge >= 0.3 is 23.1 Å². The van der Waals surface area contributed by atoms with Crippen molar-refractivity contribution in [2.75, 3.05) is 6.61 Å². The van der Waals surface area contributed by atoms with E-state index in [1.807, 2.05) is 0 Å². The second-order valence-corrected chi connectivity index (χ2v) is 0.316. The fourth-order valence-corrected chi connectivity index (χ4v) is 0. The zero-order chi connectivity index (χ0) is 2.71. The third kappa shape index (κ3) is 42.8. The molecule has 0 atom stereocenters. The minimum atomic E-state index is 0. The molecule has 0 fully saturated rings. The van der Waals surface area contributed by atoms with Crippen LogP contribution in [0.5, 0.6) is 0 Å². The predicted molar refractivity (Wildman–Crippen MR) is 28.6 cm³/mol. The average molecular weight is 157 g/mol. The zero-order valence-corrected chi connectivity index (χ0v) is 5.44. The Morgan fingerprint density at radius 1 is 1.50 bits per heavy atom. The molecular formula is C2H9ClMgOTi. The third-order valence-corrected chi connectivity index (χ3v) is 0. The summed E-state index contributed by atoms with van der Waals surface area (Å²) < 4.78 is 0. The van der Waals surface area contributed by atoms with Gasteiger partial charge in [0.1, 0.15) is 0 Å².